The highest BCUT2D eigenvalue weighted by atomic mass is 32.2. The number of nitrogens with zero attached hydrogens (tertiary/aromatic N) is 3. The quantitative estimate of drug-likeness (QED) is 0.810. The highest BCUT2D eigenvalue weighted by molar-refractivity contribution is 7.89. The summed E-state index contributed by atoms with van der Waals surface area (Å²) in [5.74, 6) is -1.61. The van der Waals surface area contributed by atoms with Crippen molar-refractivity contribution >= 4 is 16.0 Å². The maximum Gasteiger partial charge on any atom is 0.307 e. The third-order valence-corrected chi connectivity index (χ3v) is 5.85. The molecular formula is C13H21N3O5S. The molecule has 1 aromatic rings. The fourth-order valence-corrected chi connectivity index (χ4v) is 4.19. The van der Waals surface area contributed by atoms with E-state index in [2.05, 4.69) is 5.10 Å². The number of piperidine rings is 1. The number of hydrogen-bond donors (Lipinski definition) is 1. The van der Waals surface area contributed by atoms with Gasteiger partial charge in [-0.15, -0.1) is 0 Å². The standard InChI is InChI=1S/C13H21N3O5S/c1-10-3-4-11(13(17)18)8-16(10)22(19,20)12-7-14-15(9-12)5-6-21-2/h7,9-11H,3-6,8H2,1-2H3,(H,17,18). The monoisotopic (exact) mass is 331 g/mol. The largest absolute Gasteiger partial charge is 0.481 e. The van der Waals surface area contributed by atoms with E-state index in [9.17, 15) is 13.2 Å². The molecule has 8 nitrogen and oxygen atoms in total. The second kappa shape index (κ2) is 6.76. The molecule has 0 bridgehead atoms. The zero-order chi connectivity index (χ0) is 16.3. The normalized spacial score (nSPS) is 23.5. The van der Waals surface area contributed by atoms with Gasteiger partial charge in [-0.1, -0.05) is 0 Å². The minimum absolute atomic E-state index is 0.00207. The smallest absolute Gasteiger partial charge is 0.307 e. The zero-order valence-electron chi connectivity index (χ0n) is 12.7. The molecule has 2 atom stereocenters. The Bertz CT molecular complexity index is 627. The lowest BCUT2D eigenvalue weighted by Gasteiger charge is -2.34. The van der Waals surface area contributed by atoms with Gasteiger partial charge in [-0.05, 0) is 19.8 Å². The summed E-state index contributed by atoms with van der Waals surface area (Å²) in [5, 5.41) is 13.1. The minimum Gasteiger partial charge on any atom is -0.481 e. The molecule has 22 heavy (non-hydrogen) atoms. The molecular weight excluding hydrogens is 310 g/mol. The molecule has 1 saturated heterocycles. The second-order valence-corrected chi connectivity index (χ2v) is 7.36. The van der Waals surface area contributed by atoms with E-state index in [1.54, 1.807) is 14.0 Å². The number of aromatic nitrogens is 2. The number of rotatable bonds is 6. The van der Waals surface area contributed by atoms with Crippen LogP contribution in [0.2, 0.25) is 0 Å². The average Bonchev–Trinajstić information content (AvgIpc) is 2.94. The van der Waals surface area contributed by atoms with Crippen molar-refractivity contribution < 1.29 is 23.1 Å². The van der Waals surface area contributed by atoms with Crippen LogP contribution in [0.1, 0.15) is 19.8 Å². The van der Waals surface area contributed by atoms with Gasteiger partial charge in [-0.25, -0.2) is 8.42 Å². The molecule has 1 aromatic heterocycles. The number of carboxylic acids is 1. The second-order valence-electron chi connectivity index (χ2n) is 5.47. The lowest BCUT2D eigenvalue weighted by Crippen LogP contribution is -2.47. The summed E-state index contributed by atoms with van der Waals surface area (Å²) >= 11 is 0. The summed E-state index contributed by atoms with van der Waals surface area (Å²) < 4.78 is 33.1. The fourth-order valence-electron chi connectivity index (χ4n) is 2.53. The first-order valence-corrected chi connectivity index (χ1v) is 8.56. The van der Waals surface area contributed by atoms with Crippen LogP contribution in [0.4, 0.5) is 0 Å². The summed E-state index contributed by atoms with van der Waals surface area (Å²) in [7, 11) is -2.18. The van der Waals surface area contributed by atoms with Crippen molar-refractivity contribution in [1.82, 2.24) is 14.1 Å². The maximum atomic E-state index is 12.7. The van der Waals surface area contributed by atoms with Crippen LogP contribution in [0.25, 0.3) is 0 Å². The highest BCUT2D eigenvalue weighted by Gasteiger charge is 2.37. The van der Waals surface area contributed by atoms with Crippen LogP contribution >= 0.6 is 0 Å². The first kappa shape index (κ1) is 16.9. The molecule has 2 unspecified atom stereocenters. The lowest BCUT2D eigenvalue weighted by atomic mass is 9.96. The van der Waals surface area contributed by atoms with E-state index in [0.717, 1.165) is 0 Å². The number of sulfonamides is 1. The van der Waals surface area contributed by atoms with Crippen molar-refractivity contribution in [2.24, 2.45) is 5.92 Å². The van der Waals surface area contributed by atoms with Gasteiger partial charge in [-0.3, -0.25) is 9.48 Å². The van der Waals surface area contributed by atoms with Crippen LogP contribution in [0.3, 0.4) is 0 Å². The van der Waals surface area contributed by atoms with Gasteiger partial charge in [0.05, 0.1) is 25.3 Å². The SMILES string of the molecule is COCCn1cc(S(=O)(=O)N2CC(C(=O)O)CCC2C)cn1. The van der Waals surface area contributed by atoms with Crippen molar-refractivity contribution in [2.45, 2.75) is 37.2 Å². The minimum atomic E-state index is -3.74. The topological polar surface area (TPSA) is 102 Å². The van der Waals surface area contributed by atoms with Gasteiger partial charge >= 0.3 is 5.97 Å². The number of hydrogen-bond acceptors (Lipinski definition) is 5. The Balaban J connectivity index is 2.20. The van der Waals surface area contributed by atoms with E-state index in [1.165, 1.54) is 21.4 Å². The summed E-state index contributed by atoms with van der Waals surface area (Å²) in [4.78, 5) is 11.2. The Hall–Kier alpha value is -1.45. The summed E-state index contributed by atoms with van der Waals surface area (Å²) in [6.07, 6.45) is 3.77. The van der Waals surface area contributed by atoms with Crippen LogP contribution in [-0.4, -0.2) is 59.9 Å². The Morgan fingerprint density at radius 2 is 2.23 bits per heavy atom. The molecule has 2 rings (SSSR count). The average molecular weight is 331 g/mol. The number of aliphatic carboxylic acids is 1. The molecule has 1 aliphatic heterocycles. The van der Waals surface area contributed by atoms with E-state index < -0.39 is 21.9 Å². The maximum absolute atomic E-state index is 12.7. The number of methoxy groups -OCH3 is 1. The molecule has 124 valence electrons. The van der Waals surface area contributed by atoms with Crippen LogP contribution in [0, 0.1) is 5.92 Å². The molecule has 0 spiro atoms. The Labute approximate surface area is 129 Å². The van der Waals surface area contributed by atoms with Crippen molar-refractivity contribution in [3.63, 3.8) is 0 Å². The van der Waals surface area contributed by atoms with Crippen molar-refractivity contribution in [2.75, 3.05) is 20.3 Å². The van der Waals surface area contributed by atoms with Crippen LogP contribution in [0.5, 0.6) is 0 Å². The van der Waals surface area contributed by atoms with Gasteiger partial charge < -0.3 is 9.84 Å². The van der Waals surface area contributed by atoms with E-state index in [4.69, 9.17) is 9.84 Å². The predicted molar refractivity (Wildman–Crippen MR) is 77.8 cm³/mol. The Kier molecular flexibility index (Phi) is 5.20. The molecule has 1 aliphatic rings. The van der Waals surface area contributed by atoms with Crippen molar-refractivity contribution in [1.29, 1.82) is 0 Å². The summed E-state index contributed by atoms with van der Waals surface area (Å²) in [5.41, 5.74) is 0. The Morgan fingerprint density at radius 3 is 2.86 bits per heavy atom. The van der Waals surface area contributed by atoms with Gasteiger partial charge in [0.2, 0.25) is 10.0 Å². The number of ether oxygens (including phenoxy) is 1. The van der Waals surface area contributed by atoms with E-state index in [1.807, 2.05) is 0 Å². The molecule has 1 N–H and O–H groups in total. The van der Waals surface area contributed by atoms with Gasteiger partial charge in [0.1, 0.15) is 4.90 Å². The molecule has 1 fully saturated rings. The fraction of sp³-hybridized carbons (Fsp3) is 0.692. The van der Waals surface area contributed by atoms with Gasteiger partial charge in [-0.2, -0.15) is 9.40 Å². The van der Waals surface area contributed by atoms with Crippen LogP contribution < -0.4 is 0 Å². The van der Waals surface area contributed by atoms with Gasteiger partial charge in [0, 0.05) is 25.9 Å². The van der Waals surface area contributed by atoms with Gasteiger partial charge in [0.25, 0.3) is 0 Å². The van der Waals surface area contributed by atoms with Crippen molar-refractivity contribution in [3.8, 4) is 0 Å². The first-order valence-electron chi connectivity index (χ1n) is 7.12. The summed E-state index contributed by atoms with van der Waals surface area (Å²) in [6.45, 7) is 2.69. The van der Waals surface area contributed by atoms with Gasteiger partial charge in [0.15, 0.2) is 0 Å². The predicted octanol–water partition coefficient (Wildman–Crippen LogP) is 0.403. The molecule has 0 radical (unpaired) electrons. The first-order chi connectivity index (χ1) is 10.4. The van der Waals surface area contributed by atoms with Crippen LogP contribution in [-0.2, 0) is 26.1 Å². The molecule has 0 aromatic carbocycles. The summed E-state index contributed by atoms with van der Waals surface area (Å²) in [6, 6.07) is -0.220. The zero-order valence-corrected chi connectivity index (χ0v) is 13.5. The van der Waals surface area contributed by atoms with Crippen LogP contribution in [0.15, 0.2) is 17.3 Å². The molecule has 0 saturated carbocycles. The Morgan fingerprint density at radius 1 is 1.50 bits per heavy atom. The molecule has 0 aliphatic carbocycles. The molecule has 2 heterocycles. The third kappa shape index (κ3) is 3.47. The number of carbonyl (C=O) groups is 1. The third-order valence-electron chi connectivity index (χ3n) is 3.91. The molecule has 9 heteroatoms. The number of carboxylic acid groups (broad SMARTS) is 1. The highest BCUT2D eigenvalue weighted by Crippen LogP contribution is 2.28. The van der Waals surface area contributed by atoms with E-state index in [-0.39, 0.29) is 17.5 Å². The lowest BCUT2D eigenvalue weighted by molar-refractivity contribution is -0.143. The van der Waals surface area contributed by atoms with E-state index >= 15 is 0 Å². The molecule has 0 amide bonds. The van der Waals surface area contributed by atoms with E-state index in [0.29, 0.717) is 26.0 Å². The van der Waals surface area contributed by atoms with Crippen molar-refractivity contribution in [3.05, 3.63) is 12.4 Å².